The SMILES string of the molecule is CN(C)CCN(C)CC(=O)N(C)c1ccc(N/C(=C2\C(=O)Nc3cc(NC(=O)c4nc5ccccc5[nH]4)ccc32)c2ccccc2)cc1. The minimum Gasteiger partial charge on any atom is -0.354 e. The number of carbonyl (C=O) groups excluding carboxylic acids is 3. The van der Waals surface area contributed by atoms with E-state index in [1.165, 1.54) is 0 Å². The summed E-state index contributed by atoms with van der Waals surface area (Å²) in [5, 5.41) is 9.30. The topological polar surface area (TPSA) is 126 Å². The minimum atomic E-state index is -0.384. The number of amides is 3. The van der Waals surface area contributed by atoms with Crippen LogP contribution in [0.5, 0.6) is 0 Å². The van der Waals surface area contributed by atoms with Crippen molar-refractivity contribution in [3.63, 3.8) is 0 Å². The third kappa shape index (κ3) is 7.12. The Hall–Kier alpha value is -5.78. The van der Waals surface area contributed by atoms with Crippen molar-refractivity contribution in [3.8, 4) is 0 Å². The number of nitrogens with one attached hydrogen (secondary N) is 4. The number of imidazole rings is 1. The zero-order valence-corrected chi connectivity index (χ0v) is 27.4. The quantitative estimate of drug-likeness (QED) is 0.146. The summed E-state index contributed by atoms with van der Waals surface area (Å²) in [6.45, 7) is 1.98. The number of aromatic nitrogens is 2. The lowest BCUT2D eigenvalue weighted by molar-refractivity contribution is -0.119. The van der Waals surface area contributed by atoms with E-state index in [4.69, 9.17) is 0 Å². The van der Waals surface area contributed by atoms with Crippen LogP contribution in [0.3, 0.4) is 0 Å². The molecule has 0 radical (unpaired) electrons. The van der Waals surface area contributed by atoms with Gasteiger partial charge in [-0.2, -0.15) is 0 Å². The number of para-hydroxylation sites is 2. The fraction of sp³-hybridized carbons (Fsp3) is 0.189. The van der Waals surface area contributed by atoms with Crippen LogP contribution in [0.25, 0.3) is 22.3 Å². The third-order valence-corrected chi connectivity index (χ3v) is 8.17. The van der Waals surface area contributed by atoms with Crippen LogP contribution in [0.15, 0.2) is 97.1 Å². The Balaban J connectivity index is 1.23. The summed E-state index contributed by atoms with van der Waals surface area (Å²) in [4.78, 5) is 52.6. The van der Waals surface area contributed by atoms with Gasteiger partial charge >= 0.3 is 0 Å². The molecule has 2 heterocycles. The number of likely N-dealkylation sites (N-methyl/N-ethyl adjacent to an activating group) is 3. The molecule has 244 valence electrons. The fourth-order valence-corrected chi connectivity index (χ4v) is 5.48. The molecule has 48 heavy (non-hydrogen) atoms. The molecule has 0 saturated carbocycles. The van der Waals surface area contributed by atoms with Gasteiger partial charge in [-0.3, -0.25) is 19.3 Å². The molecule has 0 spiro atoms. The van der Waals surface area contributed by atoms with E-state index in [2.05, 4.69) is 30.8 Å². The fourth-order valence-electron chi connectivity index (χ4n) is 5.48. The molecule has 1 aromatic heterocycles. The maximum absolute atomic E-state index is 13.5. The molecule has 1 aliphatic rings. The maximum Gasteiger partial charge on any atom is 0.291 e. The molecule has 11 nitrogen and oxygen atoms in total. The Kier molecular flexibility index (Phi) is 9.33. The average molecular weight is 643 g/mol. The standard InChI is InChI=1S/C37H38N8O3/c1-43(2)20-21-44(3)23-32(46)45(4)27-17-14-25(15-18-27)38-34(24-10-6-5-7-11-24)33-28-19-16-26(22-31(28)42-36(33)47)39-37(48)35-40-29-12-8-9-13-30(29)41-35/h5-19,22,38H,20-21,23H2,1-4H3,(H,39,48)(H,40,41)(H,42,47)/b34-33-. The molecule has 5 aromatic rings. The minimum absolute atomic E-state index is 0.00330. The summed E-state index contributed by atoms with van der Waals surface area (Å²) in [6, 6.07) is 29.9. The first kappa shape index (κ1) is 32.2. The van der Waals surface area contributed by atoms with Gasteiger partial charge < -0.3 is 30.7 Å². The molecule has 4 aromatic carbocycles. The molecule has 3 amide bonds. The summed E-state index contributed by atoms with van der Waals surface area (Å²) in [7, 11) is 7.74. The highest BCUT2D eigenvalue weighted by Crippen LogP contribution is 2.39. The van der Waals surface area contributed by atoms with Crippen LogP contribution in [0.2, 0.25) is 0 Å². The number of hydrogen-bond donors (Lipinski definition) is 4. The smallest absolute Gasteiger partial charge is 0.291 e. The van der Waals surface area contributed by atoms with Crippen molar-refractivity contribution in [2.75, 3.05) is 68.7 Å². The van der Waals surface area contributed by atoms with Gasteiger partial charge in [0.05, 0.1) is 34.5 Å². The number of anilines is 4. The van der Waals surface area contributed by atoms with E-state index >= 15 is 0 Å². The lowest BCUT2D eigenvalue weighted by atomic mass is 9.99. The van der Waals surface area contributed by atoms with Gasteiger partial charge in [-0.05, 0) is 81.3 Å². The van der Waals surface area contributed by atoms with E-state index < -0.39 is 0 Å². The Morgan fingerprint density at radius 2 is 1.50 bits per heavy atom. The third-order valence-electron chi connectivity index (χ3n) is 8.17. The average Bonchev–Trinajstić information content (AvgIpc) is 3.67. The zero-order valence-electron chi connectivity index (χ0n) is 27.4. The Bertz CT molecular complexity index is 1970. The number of benzene rings is 4. The van der Waals surface area contributed by atoms with Gasteiger partial charge in [-0.15, -0.1) is 0 Å². The van der Waals surface area contributed by atoms with E-state index in [0.717, 1.165) is 35.5 Å². The highest BCUT2D eigenvalue weighted by Gasteiger charge is 2.29. The van der Waals surface area contributed by atoms with Crippen LogP contribution in [-0.4, -0.2) is 85.3 Å². The highest BCUT2D eigenvalue weighted by atomic mass is 16.2. The molecule has 0 saturated heterocycles. The van der Waals surface area contributed by atoms with Gasteiger partial charge in [0.1, 0.15) is 0 Å². The van der Waals surface area contributed by atoms with Gasteiger partial charge in [-0.25, -0.2) is 4.98 Å². The van der Waals surface area contributed by atoms with Gasteiger partial charge in [0, 0.05) is 42.8 Å². The van der Waals surface area contributed by atoms with Crippen molar-refractivity contribution in [3.05, 3.63) is 114 Å². The van der Waals surface area contributed by atoms with Crippen LogP contribution in [0.1, 0.15) is 21.7 Å². The highest BCUT2D eigenvalue weighted by molar-refractivity contribution is 6.37. The maximum atomic E-state index is 13.5. The van der Waals surface area contributed by atoms with Gasteiger partial charge in [0.15, 0.2) is 5.82 Å². The summed E-state index contributed by atoms with van der Waals surface area (Å²) < 4.78 is 0. The van der Waals surface area contributed by atoms with Crippen LogP contribution < -0.4 is 20.9 Å². The van der Waals surface area contributed by atoms with E-state index in [9.17, 15) is 14.4 Å². The van der Waals surface area contributed by atoms with E-state index in [0.29, 0.717) is 40.3 Å². The van der Waals surface area contributed by atoms with Gasteiger partial charge in [0.2, 0.25) is 5.91 Å². The van der Waals surface area contributed by atoms with E-state index in [1.807, 2.05) is 111 Å². The van der Waals surface area contributed by atoms with Crippen LogP contribution in [-0.2, 0) is 9.59 Å². The lowest BCUT2D eigenvalue weighted by Gasteiger charge is -2.23. The van der Waals surface area contributed by atoms with Crippen molar-refractivity contribution < 1.29 is 14.4 Å². The summed E-state index contributed by atoms with van der Waals surface area (Å²) in [5.41, 5.74) is 6.73. The predicted molar refractivity (Wildman–Crippen MR) is 192 cm³/mol. The van der Waals surface area contributed by atoms with E-state index in [1.54, 1.807) is 24.1 Å². The second-order valence-electron chi connectivity index (χ2n) is 12.1. The number of hydrogen-bond acceptors (Lipinski definition) is 7. The number of H-pyrrole nitrogens is 1. The number of aromatic amines is 1. The predicted octanol–water partition coefficient (Wildman–Crippen LogP) is 5.20. The Morgan fingerprint density at radius 3 is 2.23 bits per heavy atom. The summed E-state index contributed by atoms with van der Waals surface area (Å²) in [6.07, 6.45) is 0. The molecule has 6 rings (SSSR count). The van der Waals surface area contributed by atoms with Crippen molar-refractivity contribution >= 4 is 62.8 Å². The molecular formula is C37H38N8O3. The molecule has 0 bridgehead atoms. The monoisotopic (exact) mass is 642 g/mol. The normalized spacial score (nSPS) is 13.4. The number of fused-ring (bicyclic) bond motifs is 2. The molecule has 0 atom stereocenters. The molecule has 11 heteroatoms. The first-order valence-corrected chi connectivity index (χ1v) is 15.6. The molecule has 0 unspecified atom stereocenters. The van der Waals surface area contributed by atoms with Crippen LogP contribution in [0, 0.1) is 0 Å². The number of nitrogens with zero attached hydrogens (tertiary/aromatic N) is 4. The second-order valence-corrected chi connectivity index (χ2v) is 12.1. The first-order valence-electron chi connectivity index (χ1n) is 15.6. The molecule has 4 N–H and O–H groups in total. The summed E-state index contributed by atoms with van der Waals surface area (Å²) >= 11 is 0. The molecular weight excluding hydrogens is 604 g/mol. The van der Waals surface area contributed by atoms with Crippen LogP contribution >= 0.6 is 0 Å². The Labute approximate surface area is 279 Å². The number of carbonyl (C=O) groups is 3. The van der Waals surface area contributed by atoms with Crippen molar-refractivity contribution in [1.29, 1.82) is 0 Å². The molecule has 0 aliphatic carbocycles. The zero-order chi connectivity index (χ0) is 33.8. The molecule has 1 aliphatic heterocycles. The van der Waals surface area contributed by atoms with Crippen molar-refractivity contribution in [2.45, 2.75) is 0 Å². The van der Waals surface area contributed by atoms with Crippen LogP contribution in [0.4, 0.5) is 22.7 Å². The van der Waals surface area contributed by atoms with Gasteiger partial charge in [-0.1, -0.05) is 42.5 Å². The largest absolute Gasteiger partial charge is 0.354 e. The Morgan fingerprint density at radius 1 is 0.792 bits per heavy atom. The summed E-state index contributed by atoms with van der Waals surface area (Å²) in [5.74, 6) is -0.454. The second kappa shape index (κ2) is 13.9. The number of rotatable bonds is 11. The van der Waals surface area contributed by atoms with Gasteiger partial charge in [0.25, 0.3) is 11.8 Å². The van der Waals surface area contributed by atoms with E-state index in [-0.39, 0.29) is 23.5 Å². The van der Waals surface area contributed by atoms with Crippen molar-refractivity contribution in [1.82, 2.24) is 19.8 Å². The lowest BCUT2D eigenvalue weighted by Crippen LogP contribution is -2.39. The van der Waals surface area contributed by atoms with Crippen molar-refractivity contribution in [2.24, 2.45) is 0 Å². The molecule has 0 fully saturated rings. The first-order chi connectivity index (χ1) is 23.2.